The lowest BCUT2D eigenvalue weighted by Gasteiger charge is -2.36. The van der Waals surface area contributed by atoms with Crippen molar-refractivity contribution in [1.29, 1.82) is 0 Å². The molecule has 1 atom stereocenters. The molecule has 19 heavy (non-hydrogen) atoms. The second-order valence-electron chi connectivity index (χ2n) is 4.88. The fourth-order valence-corrected chi connectivity index (χ4v) is 2.59. The highest BCUT2D eigenvalue weighted by atomic mass is 16.5. The van der Waals surface area contributed by atoms with Gasteiger partial charge in [-0.05, 0) is 12.8 Å². The predicted octanol–water partition coefficient (Wildman–Crippen LogP) is 0.304. The van der Waals surface area contributed by atoms with Gasteiger partial charge in [-0.15, -0.1) is 0 Å². The number of rotatable bonds is 2. The molecule has 2 aliphatic rings. The smallest absolute Gasteiger partial charge is 0.251 e. The molecule has 0 saturated carbocycles. The lowest BCUT2D eigenvalue weighted by atomic mass is 10.2. The molecule has 2 saturated heterocycles. The Morgan fingerprint density at radius 2 is 2.11 bits per heavy atom. The molecule has 102 valence electrons. The van der Waals surface area contributed by atoms with Gasteiger partial charge in [-0.3, -0.25) is 9.78 Å². The summed E-state index contributed by atoms with van der Waals surface area (Å²) < 4.78 is 5.45. The molecular formula is C13H18N4O2. The third kappa shape index (κ3) is 2.68. The highest BCUT2D eigenvalue weighted by molar-refractivity contribution is 5.81. The number of anilines is 1. The van der Waals surface area contributed by atoms with Crippen molar-refractivity contribution in [2.24, 2.45) is 0 Å². The zero-order valence-electron chi connectivity index (χ0n) is 10.9. The molecule has 2 fully saturated rings. The lowest BCUT2D eigenvalue weighted by Crippen LogP contribution is -2.51. The van der Waals surface area contributed by atoms with Gasteiger partial charge in [0.1, 0.15) is 11.9 Å². The summed E-state index contributed by atoms with van der Waals surface area (Å²) in [5.74, 6) is 1.03. The van der Waals surface area contributed by atoms with Crippen molar-refractivity contribution in [3.8, 4) is 0 Å². The molecule has 6 nitrogen and oxygen atoms in total. The van der Waals surface area contributed by atoms with E-state index in [1.165, 1.54) is 0 Å². The molecule has 0 spiro atoms. The van der Waals surface area contributed by atoms with Crippen LogP contribution < -0.4 is 4.90 Å². The minimum absolute atomic E-state index is 0.149. The normalized spacial score (nSPS) is 23.7. The molecule has 0 aromatic carbocycles. The van der Waals surface area contributed by atoms with E-state index in [0.29, 0.717) is 0 Å². The van der Waals surface area contributed by atoms with Crippen LogP contribution in [-0.4, -0.2) is 59.7 Å². The topological polar surface area (TPSA) is 58.6 Å². The Hall–Kier alpha value is -1.69. The van der Waals surface area contributed by atoms with E-state index in [-0.39, 0.29) is 12.0 Å². The van der Waals surface area contributed by atoms with Crippen molar-refractivity contribution in [3.63, 3.8) is 0 Å². The van der Waals surface area contributed by atoms with E-state index in [0.717, 1.165) is 51.4 Å². The van der Waals surface area contributed by atoms with Gasteiger partial charge in [0.05, 0.1) is 6.20 Å². The van der Waals surface area contributed by atoms with Crippen molar-refractivity contribution in [2.75, 3.05) is 37.7 Å². The largest absolute Gasteiger partial charge is 0.368 e. The van der Waals surface area contributed by atoms with Crippen molar-refractivity contribution < 1.29 is 9.53 Å². The molecular weight excluding hydrogens is 244 g/mol. The average molecular weight is 262 g/mol. The van der Waals surface area contributed by atoms with Gasteiger partial charge < -0.3 is 14.5 Å². The van der Waals surface area contributed by atoms with Crippen LogP contribution in [0.25, 0.3) is 0 Å². The number of carbonyl (C=O) groups excluding carboxylic acids is 1. The highest BCUT2D eigenvalue weighted by Crippen LogP contribution is 2.17. The van der Waals surface area contributed by atoms with Gasteiger partial charge >= 0.3 is 0 Å². The van der Waals surface area contributed by atoms with Crippen molar-refractivity contribution in [3.05, 3.63) is 18.6 Å². The van der Waals surface area contributed by atoms with Crippen molar-refractivity contribution in [1.82, 2.24) is 14.9 Å². The Kier molecular flexibility index (Phi) is 3.59. The zero-order chi connectivity index (χ0) is 13.1. The third-order valence-electron chi connectivity index (χ3n) is 3.67. The van der Waals surface area contributed by atoms with Gasteiger partial charge in [-0.2, -0.15) is 0 Å². The van der Waals surface area contributed by atoms with Gasteiger partial charge in [0, 0.05) is 45.2 Å². The van der Waals surface area contributed by atoms with E-state index in [1.807, 2.05) is 4.90 Å². The van der Waals surface area contributed by atoms with E-state index >= 15 is 0 Å². The molecule has 0 aliphatic carbocycles. The lowest BCUT2D eigenvalue weighted by molar-refractivity contribution is -0.141. The monoisotopic (exact) mass is 262 g/mol. The van der Waals surface area contributed by atoms with Crippen LogP contribution in [0.5, 0.6) is 0 Å². The molecule has 2 aliphatic heterocycles. The van der Waals surface area contributed by atoms with E-state index in [9.17, 15) is 4.79 Å². The summed E-state index contributed by atoms with van der Waals surface area (Å²) in [4.78, 5) is 24.6. The van der Waals surface area contributed by atoms with Gasteiger partial charge in [-0.1, -0.05) is 0 Å². The first-order valence-electron chi connectivity index (χ1n) is 6.76. The summed E-state index contributed by atoms with van der Waals surface area (Å²) >= 11 is 0. The molecule has 0 bridgehead atoms. The summed E-state index contributed by atoms with van der Waals surface area (Å²) in [5, 5.41) is 0. The maximum absolute atomic E-state index is 12.2. The van der Waals surface area contributed by atoms with Crippen LogP contribution in [0.3, 0.4) is 0 Å². The number of carbonyl (C=O) groups is 1. The summed E-state index contributed by atoms with van der Waals surface area (Å²) in [6.07, 6.45) is 6.78. The number of amides is 1. The molecule has 0 radical (unpaired) electrons. The highest BCUT2D eigenvalue weighted by Gasteiger charge is 2.30. The van der Waals surface area contributed by atoms with Crippen molar-refractivity contribution >= 4 is 11.7 Å². The first-order chi connectivity index (χ1) is 9.34. The number of aromatic nitrogens is 2. The molecule has 6 heteroatoms. The zero-order valence-corrected chi connectivity index (χ0v) is 10.9. The molecule has 1 aromatic rings. The van der Waals surface area contributed by atoms with Crippen LogP contribution in [0.15, 0.2) is 18.6 Å². The minimum atomic E-state index is -0.205. The number of nitrogens with zero attached hydrogens (tertiary/aromatic N) is 4. The fraction of sp³-hybridized carbons (Fsp3) is 0.615. The molecule has 1 aromatic heterocycles. The standard InChI is InChI=1S/C13H18N4O2/c18-13(11-2-1-9-19-11)17-7-5-16(6-8-17)12-10-14-3-4-15-12/h3-4,10-11H,1-2,5-9H2. The molecule has 1 unspecified atom stereocenters. The van der Waals surface area contributed by atoms with E-state index in [2.05, 4.69) is 14.9 Å². The number of hydrogen-bond acceptors (Lipinski definition) is 5. The summed E-state index contributed by atoms with van der Waals surface area (Å²) in [6, 6.07) is 0. The van der Waals surface area contributed by atoms with Gasteiger partial charge in [0.25, 0.3) is 5.91 Å². The van der Waals surface area contributed by atoms with Crippen LogP contribution in [0, 0.1) is 0 Å². The number of piperazine rings is 1. The molecule has 1 amide bonds. The quantitative estimate of drug-likeness (QED) is 0.767. The SMILES string of the molecule is O=C(C1CCCO1)N1CCN(c2cnccn2)CC1. The average Bonchev–Trinajstić information content (AvgIpc) is 3.02. The first-order valence-corrected chi connectivity index (χ1v) is 6.76. The Labute approximate surface area is 112 Å². The van der Waals surface area contributed by atoms with Crippen LogP contribution in [0.2, 0.25) is 0 Å². The maximum atomic E-state index is 12.2. The van der Waals surface area contributed by atoms with Crippen LogP contribution in [0.4, 0.5) is 5.82 Å². The Bertz CT molecular complexity index is 426. The third-order valence-corrected chi connectivity index (χ3v) is 3.67. The van der Waals surface area contributed by atoms with E-state index < -0.39 is 0 Å². The van der Waals surface area contributed by atoms with Crippen LogP contribution in [0.1, 0.15) is 12.8 Å². The second-order valence-corrected chi connectivity index (χ2v) is 4.88. The Balaban J connectivity index is 1.56. The van der Waals surface area contributed by atoms with E-state index in [4.69, 9.17) is 4.74 Å². The maximum Gasteiger partial charge on any atom is 0.251 e. The first kappa shape index (κ1) is 12.3. The van der Waals surface area contributed by atoms with Gasteiger partial charge in [-0.25, -0.2) is 4.98 Å². The summed E-state index contributed by atoms with van der Waals surface area (Å²) in [6.45, 7) is 3.79. The summed E-state index contributed by atoms with van der Waals surface area (Å²) in [5.41, 5.74) is 0. The Morgan fingerprint density at radius 1 is 1.26 bits per heavy atom. The van der Waals surface area contributed by atoms with Crippen LogP contribution in [-0.2, 0) is 9.53 Å². The van der Waals surface area contributed by atoms with Gasteiger partial charge in [0.2, 0.25) is 0 Å². The van der Waals surface area contributed by atoms with Crippen molar-refractivity contribution in [2.45, 2.75) is 18.9 Å². The number of hydrogen-bond donors (Lipinski definition) is 0. The van der Waals surface area contributed by atoms with E-state index in [1.54, 1.807) is 18.6 Å². The van der Waals surface area contributed by atoms with Gasteiger partial charge in [0.15, 0.2) is 0 Å². The molecule has 3 heterocycles. The minimum Gasteiger partial charge on any atom is -0.368 e. The predicted molar refractivity (Wildman–Crippen MR) is 69.8 cm³/mol. The van der Waals surface area contributed by atoms with Crippen LogP contribution >= 0.6 is 0 Å². The number of ether oxygens (including phenoxy) is 1. The second kappa shape index (κ2) is 5.52. The molecule has 3 rings (SSSR count). The summed E-state index contributed by atoms with van der Waals surface area (Å²) in [7, 11) is 0. The fourth-order valence-electron chi connectivity index (χ4n) is 2.59. The Morgan fingerprint density at radius 3 is 2.74 bits per heavy atom. The molecule has 0 N–H and O–H groups in total.